The molecule has 0 radical (unpaired) electrons. The highest BCUT2D eigenvalue weighted by Crippen LogP contribution is 2.31. The normalized spacial score (nSPS) is 11.4. The molecule has 0 aliphatic rings. The van der Waals surface area contributed by atoms with Crippen molar-refractivity contribution >= 4 is 39.4 Å². The van der Waals surface area contributed by atoms with Gasteiger partial charge in [-0.15, -0.1) is 0 Å². The van der Waals surface area contributed by atoms with Crippen LogP contribution in [0, 0.1) is 6.92 Å². The standard InChI is InChI=1S/C22H17ClN6O/c1-12-3-8-17-19(24)18(13-9-14-11-26-28(2)20(14)25-10-13)22(30)29(21(17)27-12)16-6-4-15(23)5-7-16/h3-11H,24H2,1-2H3. The third kappa shape index (κ3) is 2.74. The van der Waals surface area contributed by atoms with Crippen molar-refractivity contribution in [3.8, 4) is 16.8 Å². The molecule has 5 rings (SSSR count). The zero-order chi connectivity index (χ0) is 21.0. The number of aromatic nitrogens is 5. The maximum Gasteiger partial charge on any atom is 0.266 e. The number of pyridine rings is 3. The minimum atomic E-state index is -0.273. The summed E-state index contributed by atoms with van der Waals surface area (Å²) in [7, 11) is 1.82. The van der Waals surface area contributed by atoms with E-state index in [0.717, 1.165) is 16.7 Å². The van der Waals surface area contributed by atoms with E-state index < -0.39 is 0 Å². The fraction of sp³-hybridized carbons (Fsp3) is 0.0909. The Balaban J connectivity index is 1.89. The summed E-state index contributed by atoms with van der Waals surface area (Å²) in [5.74, 6) is 0. The smallest absolute Gasteiger partial charge is 0.266 e. The van der Waals surface area contributed by atoms with Gasteiger partial charge in [-0.2, -0.15) is 5.10 Å². The summed E-state index contributed by atoms with van der Waals surface area (Å²) < 4.78 is 3.25. The van der Waals surface area contributed by atoms with Crippen molar-refractivity contribution in [2.45, 2.75) is 6.92 Å². The fourth-order valence-electron chi connectivity index (χ4n) is 3.67. The van der Waals surface area contributed by atoms with E-state index in [1.807, 2.05) is 32.2 Å². The van der Waals surface area contributed by atoms with Crippen LogP contribution in [0.15, 0.2) is 59.7 Å². The lowest BCUT2D eigenvalue weighted by Crippen LogP contribution is -2.23. The summed E-state index contributed by atoms with van der Waals surface area (Å²) in [5, 5.41) is 6.33. The highest BCUT2D eigenvalue weighted by Gasteiger charge is 2.19. The monoisotopic (exact) mass is 416 g/mol. The molecular weight excluding hydrogens is 400 g/mol. The van der Waals surface area contributed by atoms with Crippen LogP contribution in [-0.4, -0.2) is 24.3 Å². The molecule has 148 valence electrons. The Bertz CT molecular complexity index is 1500. The predicted octanol–water partition coefficient (Wildman–Crippen LogP) is 3.88. The average molecular weight is 417 g/mol. The average Bonchev–Trinajstić information content (AvgIpc) is 3.09. The number of nitrogens with zero attached hydrogens (tertiary/aromatic N) is 5. The molecule has 0 bridgehead atoms. The summed E-state index contributed by atoms with van der Waals surface area (Å²) in [6.45, 7) is 1.88. The summed E-state index contributed by atoms with van der Waals surface area (Å²) in [4.78, 5) is 22.8. The Morgan fingerprint density at radius 2 is 1.80 bits per heavy atom. The first-order valence-corrected chi connectivity index (χ1v) is 9.68. The lowest BCUT2D eigenvalue weighted by molar-refractivity contribution is 0.786. The molecule has 0 unspecified atom stereocenters. The van der Waals surface area contributed by atoms with Crippen LogP contribution in [0.2, 0.25) is 5.02 Å². The molecule has 0 saturated heterocycles. The molecule has 8 heteroatoms. The van der Waals surface area contributed by atoms with Crippen molar-refractivity contribution in [1.29, 1.82) is 0 Å². The number of nitrogens with two attached hydrogens (primary N) is 1. The molecule has 0 atom stereocenters. The van der Waals surface area contributed by atoms with Crippen molar-refractivity contribution < 1.29 is 0 Å². The number of hydrogen-bond acceptors (Lipinski definition) is 5. The Labute approximate surface area is 176 Å². The summed E-state index contributed by atoms with van der Waals surface area (Å²) >= 11 is 6.05. The molecule has 0 aliphatic carbocycles. The second-order valence-electron chi connectivity index (χ2n) is 7.13. The number of rotatable bonds is 2. The van der Waals surface area contributed by atoms with Gasteiger partial charge >= 0.3 is 0 Å². The van der Waals surface area contributed by atoms with Crippen LogP contribution in [0.1, 0.15) is 5.69 Å². The Hall–Kier alpha value is -3.71. The molecule has 7 nitrogen and oxygen atoms in total. The van der Waals surface area contributed by atoms with Crippen LogP contribution in [0.4, 0.5) is 5.69 Å². The van der Waals surface area contributed by atoms with Crippen LogP contribution in [0.25, 0.3) is 38.9 Å². The molecule has 30 heavy (non-hydrogen) atoms. The molecule has 2 N–H and O–H groups in total. The van der Waals surface area contributed by atoms with Crippen LogP contribution in [0.3, 0.4) is 0 Å². The van der Waals surface area contributed by atoms with Gasteiger partial charge in [-0.05, 0) is 49.4 Å². The van der Waals surface area contributed by atoms with Crippen LogP contribution >= 0.6 is 11.6 Å². The minimum absolute atomic E-state index is 0.273. The number of anilines is 1. The predicted molar refractivity (Wildman–Crippen MR) is 119 cm³/mol. The van der Waals surface area contributed by atoms with E-state index in [9.17, 15) is 4.79 Å². The first kappa shape index (κ1) is 18.3. The van der Waals surface area contributed by atoms with Gasteiger partial charge in [0.25, 0.3) is 5.56 Å². The maximum absolute atomic E-state index is 13.7. The van der Waals surface area contributed by atoms with Gasteiger partial charge in [-0.25, -0.2) is 9.97 Å². The lowest BCUT2D eigenvalue weighted by Gasteiger charge is -2.16. The number of nitrogen functional groups attached to an aromatic ring is 1. The van der Waals surface area contributed by atoms with Crippen molar-refractivity contribution in [3.63, 3.8) is 0 Å². The second-order valence-corrected chi connectivity index (χ2v) is 7.57. The molecular formula is C22H17ClN6O. The molecule has 0 aliphatic heterocycles. The molecule has 0 spiro atoms. The molecule has 4 aromatic heterocycles. The molecule has 5 aromatic rings. The zero-order valence-electron chi connectivity index (χ0n) is 16.3. The third-order valence-electron chi connectivity index (χ3n) is 5.15. The number of hydrogen-bond donors (Lipinski definition) is 1. The second kappa shape index (κ2) is 6.67. The largest absolute Gasteiger partial charge is 0.397 e. The molecule has 0 fully saturated rings. The fourth-order valence-corrected chi connectivity index (χ4v) is 3.80. The van der Waals surface area contributed by atoms with Gasteiger partial charge < -0.3 is 5.73 Å². The Kier molecular flexibility index (Phi) is 4.08. The maximum atomic E-state index is 13.7. The quantitative estimate of drug-likeness (QED) is 0.471. The molecule has 0 saturated carbocycles. The highest BCUT2D eigenvalue weighted by molar-refractivity contribution is 6.30. The van der Waals surface area contributed by atoms with Gasteiger partial charge in [0.05, 0.1) is 23.1 Å². The van der Waals surface area contributed by atoms with E-state index in [2.05, 4.69) is 15.1 Å². The van der Waals surface area contributed by atoms with Gasteiger partial charge in [0, 0.05) is 40.3 Å². The van der Waals surface area contributed by atoms with Crippen molar-refractivity contribution in [3.05, 3.63) is 75.9 Å². The van der Waals surface area contributed by atoms with E-state index in [-0.39, 0.29) is 5.56 Å². The van der Waals surface area contributed by atoms with E-state index in [1.54, 1.807) is 45.9 Å². The van der Waals surface area contributed by atoms with Gasteiger partial charge in [0.1, 0.15) is 5.65 Å². The summed E-state index contributed by atoms with van der Waals surface area (Å²) in [6.07, 6.45) is 3.36. The SMILES string of the molecule is Cc1ccc2c(N)c(-c3cnc4c(cnn4C)c3)c(=O)n(-c3ccc(Cl)cc3)c2n1. The summed E-state index contributed by atoms with van der Waals surface area (Å²) in [5.41, 5.74) is 10.3. The first-order valence-electron chi connectivity index (χ1n) is 9.30. The van der Waals surface area contributed by atoms with Gasteiger partial charge in [0.2, 0.25) is 0 Å². The van der Waals surface area contributed by atoms with Crippen LogP contribution in [0.5, 0.6) is 0 Å². The minimum Gasteiger partial charge on any atom is -0.397 e. The van der Waals surface area contributed by atoms with Crippen LogP contribution in [-0.2, 0) is 7.05 Å². The first-order chi connectivity index (χ1) is 14.4. The van der Waals surface area contributed by atoms with Gasteiger partial charge in [-0.1, -0.05) is 11.6 Å². The Morgan fingerprint density at radius 1 is 1.03 bits per heavy atom. The number of halogens is 1. The summed E-state index contributed by atoms with van der Waals surface area (Å²) in [6, 6.07) is 12.7. The van der Waals surface area contributed by atoms with E-state index >= 15 is 0 Å². The van der Waals surface area contributed by atoms with E-state index in [0.29, 0.717) is 38.6 Å². The molecule has 0 amide bonds. The lowest BCUT2D eigenvalue weighted by atomic mass is 10.0. The highest BCUT2D eigenvalue weighted by atomic mass is 35.5. The third-order valence-corrected chi connectivity index (χ3v) is 5.40. The topological polar surface area (TPSA) is 91.6 Å². The zero-order valence-corrected chi connectivity index (χ0v) is 17.1. The van der Waals surface area contributed by atoms with Crippen molar-refractivity contribution in [2.75, 3.05) is 5.73 Å². The van der Waals surface area contributed by atoms with Crippen LogP contribution < -0.4 is 11.3 Å². The Morgan fingerprint density at radius 3 is 2.57 bits per heavy atom. The number of benzene rings is 1. The van der Waals surface area contributed by atoms with E-state index in [1.165, 1.54) is 0 Å². The molecule has 4 heterocycles. The number of aryl methyl sites for hydroxylation is 2. The number of fused-ring (bicyclic) bond motifs is 2. The van der Waals surface area contributed by atoms with E-state index in [4.69, 9.17) is 17.3 Å². The van der Waals surface area contributed by atoms with Crippen molar-refractivity contribution in [2.24, 2.45) is 7.05 Å². The van der Waals surface area contributed by atoms with Gasteiger partial charge in [0.15, 0.2) is 5.65 Å². The van der Waals surface area contributed by atoms with Gasteiger partial charge in [-0.3, -0.25) is 14.0 Å². The van der Waals surface area contributed by atoms with Crippen molar-refractivity contribution in [1.82, 2.24) is 24.3 Å². The molecule has 1 aromatic carbocycles.